The molecule has 0 spiro atoms. The Morgan fingerprint density at radius 3 is 2.10 bits per heavy atom. The second-order valence-corrected chi connectivity index (χ2v) is 9.71. The fourth-order valence-electron chi connectivity index (χ4n) is 3.76. The topological polar surface area (TPSA) is 135 Å². The van der Waals surface area contributed by atoms with Crippen molar-refractivity contribution in [2.45, 2.75) is 74.9 Å². The van der Waals surface area contributed by atoms with Crippen molar-refractivity contribution in [2.75, 3.05) is 5.32 Å². The van der Waals surface area contributed by atoms with Crippen LogP contribution in [0.25, 0.3) is 0 Å². The number of carbonyl (C=O) groups excluding carboxylic acids is 1. The molecule has 1 aromatic rings. The number of nitrogens with two attached hydrogens (primary N) is 1. The molecule has 4 rings (SSSR count). The van der Waals surface area contributed by atoms with Crippen LogP contribution in [0, 0.1) is 0 Å². The first-order chi connectivity index (χ1) is 13.3. The fraction of sp³-hybridized carbons (Fsp3) is 0.611. The lowest BCUT2D eigenvalue weighted by molar-refractivity contribution is -0.229. The van der Waals surface area contributed by atoms with Crippen molar-refractivity contribution in [3.8, 4) is 0 Å². The van der Waals surface area contributed by atoms with Gasteiger partial charge in [0.15, 0.2) is 24.0 Å². The van der Waals surface area contributed by atoms with E-state index in [0.717, 1.165) is 0 Å². The number of nitrogens with one attached hydrogen (secondary N) is 1. The lowest BCUT2D eigenvalue weighted by Gasteiger charge is -2.36. The van der Waals surface area contributed by atoms with Gasteiger partial charge in [-0.3, -0.25) is 4.79 Å². The van der Waals surface area contributed by atoms with E-state index in [2.05, 4.69) is 5.32 Å². The highest BCUT2D eigenvalue weighted by atomic mass is 32.2. The molecule has 3 heterocycles. The largest absolute Gasteiger partial charge is 0.342 e. The minimum atomic E-state index is -3.82. The zero-order chi connectivity index (χ0) is 21.2. The Balaban J connectivity index is 1.54. The fourth-order valence-corrected chi connectivity index (χ4v) is 4.28. The Bertz CT molecular complexity index is 914. The van der Waals surface area contributed by atoms with E-state index in [-0.39, 0.29) is 4.90 Å². The van der Waals surface area contributed by atoms with Gasteiger partial charge in [-0.2, -0.15) is 0 Å². The minimum absolute atomic E-state index is 0.0552. The van der Waals surface area contributed by atoms with Gasteiger partial charge in [0.2, 0.25) is 10.0 Å². The number of primary sulfonamides is 1. The molecule has 0 aliphatic carbocycles. The van der Waals surface area contributed by atoms with Crippen molar-refractivity contribution in [2.24, 2.45) is 5.14 Å². The third kappa shape index (κ3) is 4.04. The molecule has 1 amide bonds. The number of rotatable bonds is 3. The maximum absolute atomic E-state index is 12.9. The van der Waals surface area contributed by atoms with Crippen LogP contribution in [0.2, 0.25) is 0 Å². The van der Waals surface area contributed by atoms with E-state index >= 15 is 0 Å². The number of fused-ring (bicyclic) bond motifs is 3. The van der Waals surface area contributed by atoms with E-state index in [0.29, 0.717) is 5.69 Å². The third-order valence-electron chi connectivity index (χ3n) is 4.86. The van der Waals surface area contributed by atoms with Crippen LogP contribution in [0.5, 0.6) is 0 Å². The van der Waals surface area contributed by atoms with Crippen LogP contribution >= 0.6 is 0 Å². The van der Waals surface area contributed by atoms with Crippen molar-refractivity contribution in [1.29, 1.82) is 0 Å². The zero-order valence-electron chi connectivity index (χ0n) is 16.4. The highest BCUT2D eigenvalue weighted by Crippen LogP contribution is 2.44. The van der Waals surface area contributed by atoms with Gasteiger partial charge in [-0.15, -0.1) is 0 Å². The first-order valence-corrected chi connectivity index (χ1v) is 10.7. The molecular weight excluding hydrogens is 404 g/mol. The number of benzene rings is 1. The summed E-state index contributed by atoms with van der Waals surface area (Å²) in [6.07, 6.45) is -3.59. The molecule has 0 unspecified atom stereocenters. The van der Waals surface area contributed by atoms with Crippen molar-refractivity contribution in [3.63, 3.8) is 0 Å². The van der Waals surface area contributed by atoms with E-state index in [1.165, 1.54) is 24.3 Å². The highest BCUT2D eigenvalue weighted by molar-refractivity contribution is 7.89. The normalized spacial score (nSPS) is 35.0. The molecule has 0 aromatic heterocycles. The van der Waals surface area contributed by atoms with Crippen LogP contribution in [-0.4, -0.2) is 56.6 Å². The maximum atomic E-state index is 12.9. The predicted molar refractivity (Wildman–Crippen MR) is 99.0 cm³/mol. The quantitative estimate of drug-likeness (QED) is 0.717. The predicted octanol–water partition coefficient (Wildman–Crippen LogP) is 0.669. The smallest absolute Gasteiger partial charge is 0.256 e. The molecule has 10 nitrogen and oxygen atoms in total. The van der Waals surface area contributed by atoms with E-state index in [9.17, 15) is 13.2 Å². The van der Waals surface area contributed by atoms with Gasteiger partial charge < -0.3 is 29.0 Å². The average molecular weight is 428 g/mol. The molecule has 0 bridgehead atoms. The summed E-state index contributed by atoms with van der Waals surface area (Å²) in [6.45, 7) is 7.02. The highest BCUT2D eigenvalue weighted by Gasteiger charge is 2.62. The van der Waals surface area contributed by atoms with Crippen molar-refractivity contribution in [3.05, 3.63) is 24.3 Å². The van der Waals surface area contributed by atoms with Crippen LogP contribution in [0.3, 0.4) is 0 Å². The Morgan fingerprint density at radius 2 is 1.48 bits per heavy atom. The molecule has 5 atom stereocenters. The lowest BCUT2D eigenvalue weighted by atomic mass is 9.98. The zero-order valence-corrected chi connectivity index (χ0v) is 17.3. The average Bonchev–Trinajstić information content (AvgIpc) is 3.07. The molecular formula is C18H24N2O8S. The molecule has 11 heteroatoms. The van der Waals surface area contributed by atoms with E-state index < -0.39 is 58.2 Å². The summed E-state index contributed by atoms with van der Waals surface area (Å²) < 4.78 is 52.2. The summed E-state index contributed by atoms with van der Waals surface area (Å²) in [6, 6.07) is 5.49. The SMILES string of the molecule is CC1(C)O[C@@H]2O[C@H](C(=O)Nc3ccc(S(N)(=O)=O)cc3)[C@@H]3OC(C)(C)O[C@@H]3[C@@H]2O1. The number of sulfonamides is 1. The maximum Gasteiger partial charge on any atom is 0.256 e. The van der Waals surface area contributed by atoms with E-state index in [1.807, 2.05) is 0 Å². The molecule has 160 valence electrons. The Labute approximate surface area is 168 Å². The van der Waals surface area contributed by atoms with Gasteiger partial charge in [0.1, 0.15) is 18.3 Å². The monoisotopic (exact) mass is 428 g/mol. The molecule has 3 aliphatic heterocycles. The summed E-state index contributed by atoms with van der Waals surface area (Å²) in [5.41, 5.74) is 0.381. The molecule has 3 fully saturated rings. The van der Waals surface area contributed by atoms with Gasteiger partial charge in [0.25, 0.3) is 5.91 Å². The van der Waals surface area contributed by atoms with Gasteiger partial charge in [-0.1, -0.05) is 0 Å². The number of hydrogen-bond donors (Lipinski definition) is 2. The summed E-state index contributed by atoms with van der Waals surface area (Å²) in [5.74, 6) is -2.28. The number of amides is 1. The molecule has 1 aromatic carbocycles. The molecule has 0 saturated carbocycles. The number of carbonyl (C=O) groups is 1. The van der Waals surface area contributed by atoms with Crippen molar-refractivity contribution < 1.29 is 36.9 Å². The molecule has 3 N–H and O–H groups in total. The third-order valence-corrected chi connectivity index (χ3v) is 5.79. The minimum Gasteiger partial charge on any atom is -0.342 e. The van der Waals surface area contributed by atoms with Crippen LogP contribution in [0.4, 0.5) is 5.69 Å². The summed E-state index contributed by atoms with van der Waals surface area (Å²) in [4.78, 5) is 12.9. The Morgan fingerprint density at radius 1 is 0.931 bits per heavy atom. The number of ether oxygens (including phenoxy) is 5. The van der Waals surface area contributed by atoms with Gasteiger partial charge >= 0.3 is 0 Å². The van der Waals surface area contributed by atoms with Gasteiger partial charge in [0, 0.05) is 5.69 Å². The summed E-state index contributed by atoms with van der Waals surface area (Å²) in [7, 11) is -3.82. The van der Waals surface area contributed by atoms with Gasteiger partial charge in [-0.25, -0.2) is 13.6 Å². The number of hydrogen-bond acceptors (Lipinski definition) is 8. The Hall–Kier alpha value is -1.60. The van der Waals surface area contributed by atoms with Crippen LogP contribution in [0.15, 0.2) is 29.2 Å². The van der Waals surface area contributed by atoms with Gasteiger partial charge in [-0.05, 0) is 52.0 Å². The molecule has 3 saturated heterocycles. The summed E-state index contributed by atoms with van der Waals surface area (Å²) >= 11 is 0. The van der Waals surface area contributed by atoms with E-state index in [4.69, 9.17) is 28.8 Å². The second kappa shape index (κ2) is 6.71. The Kier molecular flexibility index (Phi) is 4.78. The second-order valence-electron chi connectivity index (χ2n) is 8.15. The van der Waals surface area contributed by atoms with Crippen LogP contribution in [-0.2, 0) is 38.5 Å². The molecule has 0 radical (unpaired) electrons. The standard InChI is InChI=1S/C18H24N2O8S/c1-17(2)25-11-12(26-17)14-16(28-18(3,4)27-14)24-13(11)15(21)20-9-5-7-10(8-6-9)29(19,22)23/h5-8,11-14,16H,1-4H3,(H,20,21)(H2,19,22,23)/t11-,12+,13+,14+,16+/m1/s1. The first-order valence-electron chi connectivity index (χ1n) is 9.15. The summed E-state index contributed by atoms with van der Waals surface area (Å²) in [5, 5.41) is 7.79. The van der Waals surface area contributed by atoms with Crippen molar-refractivity contribution in [1.82, 2.24) is 0 Å². The van der Waals surface area contributed by atoms with Crippen LogP contribution in [0.1, 0.15) is 27.7 Å². The molecule has 29 heavy (non-hydrogen) atoms. The number of anilines is 1. The van der Waals surface area contributed by atoms with Crippen molar-refractivity contribution >= 4 is 21.6 Å². The lowest BCUT2D eigenvalue weighted by Crippen LogP contribution is -2.58. The van der Waals surface area contributed by atoms with Gasteiger partial charge in [0.05, 0.1) is 4.90 Å². The molecule has 3 aliphatic rings. The van der Waals surface area contributed by atoms with E-state index in [1.54, 1.807) is 27.7 Å². The van der Waals surface area contributed by atoms with Crippen LogP contribution < -0.4 is 10.5 Å². The first kappa shape index (κ1) is 20.7.